The summed E-state index contributed by atoms with van der Waals surface area (Å²) in [6.45, 7) is 3.95. The van der Waals surface area contributed by atoms with E-state index in [1.54, 1.807) is 42.7 Å². The molecule has 1 aromatic carbocycles. The third-order valence-corrected chi connectivity index (χ3v) is 4.08. The van der Waals surface area contributed by atoms with E-state index in [0.717, 1.165) is 22.6 Å². The van der Waals surface area contributed by atoms with Crippen molar-refractivity contribution in [2.45, 2.75) is 13.8 Å². The van der Waals surface area contributed by atoms with Crippen molar-refractivity contribution in [3.05, 3.63) is 89.0 Å². The summed E-state index contributed by atoms with van der Waals surface area (Å²) in [4.78, 5) is 16.7. The number of carbonyl (C=O) groups excluding carboxylic acids is 1. The van der Waals surface area contributed by atoms with Gasteiger partial charge in [0.1, 0.15) is 11.6 Å². The summed E-state index contributed by atoms with van der Waals surface area (Å²) in [6.07, 6.45) is 5.17. The van der Waals surface area contributed by atoms with Crippen molar-refractivity contribution < 1.29 is 4.79 Å². The van der Waals surface area contributed by atoms with Crippen molar-refractivity contribution in [1.29, 1.82) is 5.26 Å². The molecule has 3 rings (SSSR count). The topological polar surface area (TPSA) is 58.7 Å². The van der Waals surface area contributed by atoms with Gasteiger partial charge in [-0.25, -0.2) is 0 Å². The zero-order chi connectivity index (χ0) is 17.8. The Kier molecular flexibility index (Phi) is 4.58. The molecule has 2 aromatic heterocycles. The van der Waals surface area contributed by atoms with E-state index < -0.39 is 0 Å². The average Bonchev–Trinajstić information content (AvgIpc) is 2.94. The van der Waals surface area contributed by atoms with E-state index >= 15 is 0 Å². The second-order valence-corrected chi connectivity index (χ2v) is 5.74. The van der Waals surface area contributed by atoms with Crippen LogP contribution in [0.15, 0.2) is 66.5 Å². The van der Waals surface area contributed by atoms with Crippen LogP contribution in [0.1, 0.15) is 27.3 Å². The molecule has 0 saturated heterocycles. The molecule has 0 saturated carbocycles. The Balaban J connectivity index is 2.04. The second-order valence-electron chi connectivity index (χ2n) is 5.74. The van der Waals surface area contributed by atoms with E-state index in [1.807, 2.05) is 44.2 Å². The number of carbonyl (C=O) groups is 1. The van der Waals surface area contributed by atoms with Crippen LogP contribution in [0.4, 0.5) is 0 Å². The molecule has 0 radical (unpaired) electrons. The minimum Gasteiger partial charge on any atom is -0.316 e. The van der Waals surface area contributed by atoms with Crippen LogP contribution in [-0.2, 0) is 0 Å². The quantitative estimate of drug-likeness (QED) is 0.408. The Morgan fingerprint density at radius 3 is 2.56 bits per heavy atom. The van der Waals surface area contributed by atoms with Crippen LogP contribution >= 0.6 is 0 Å². The molecule has 4 nitrogen and oxygen atoms in total. The lowest BCUT2D eigenvalue weighted by Gasteiger charge is -2.08. The van der Waals surface area contributed by atoms with Crippen LogP contribution < -0.4 is 0 Å². The summed E-state index contributed by atoms with van der Waals surface area (Å²) in [5.41, 5.74) is 4.40. The zero-order valence-corrected chi connectivity index (χ0v) is 14.1. The number of hydrogen-bond donors (Lipinski definition) is 0. The van der Waals surface area contributed by atoms with Crippen LogP contribution in [0.25, 0.3) is 11.8 Å². The Hall–Kier alpha value is -3.45. The molecule has 0 aliphatic heterocycles. The Bertz CT molecular complexity index is 977. The van der Waals surface area contributed by atoms with Gasteiger partial charge in [-0.1, -0.05) is 30.3 Å². The molecule has 0 spiro atoms. The Morgan fingerprint density at radius 1 is 1.16 bits per heavy atom. The maximum atomic E-state index is 12.5. The monoisotopic (exact) mass is 327 g/mol. The second kappa shape index (κ2) is 6.98. The highest BCUT2D eigenvalue weighted by atomic mass is 16.1. The Morgan fingerprint density at radius 2 is 1.92 bits per heavy atom. The molecular weight excluding hydrogens is 310 g/mol. The summed E-state index contributed by atoms with van der Waals surface area (Å²) in [5, 5.41) is 9.45. The molecule has 0 N–H and O–H groups in total. The third kappa shape index (κ3) is 3.26. The number of nitriles is 1. The number of benzene rings is 1. The highest BCUT2D eigenvalue weighted by molar-refractivity contribution is 6.14. The number of ketones is 1. The van der Waals surface area contributed by atoms with Gasteiger partial charge in [0, 0.05) is 23.1 Å². The fraction of sp³-hybridized carbons (Fsp3) is 0.0952. The van der Waals surface area contributed by atoms with Gasteiger partial charge in [0.05, 0.1) is 11.9 Å². The number of aromatic nitrogens is 2. The molecule has 0 unspecified atom stereocenters. The summed E-state index contributed by atoms with van der Waals surface area (Å²) in [7, 11) is 0. The van der Waals surface area contributed by atoms with Gasteiger partial charge >= 0.3 is 0 Å². The predicted molar refractivity (Wildman–Crippen MR) is 97.4 cm³/mol. The van der Waals surface area contributed by atoms with Crippen molar-refractivity contribution >= 4 is 11.9 Å². The van der Waals surface area contributed by atoms with E-state index in [1.165, 1.54) is 0 Å². The fourth-order valence-electron chi connectivity index (χ4n) is 2.87. The maximum absolute atomic E-state index is 12.5. The van der Waals surface area contributed by atoms with Crippen molar-refractivity contribution in [2.75, 3.05) is 0 Å². The molecule has 0 atom stereocenters. The number of allylic oxidation sites excluding steroid dienone is 1. The largest absolute Gasteiger partial charge is 0.316 e. The van der Waals surface area contributed by atoms with Crippen molar-refractivity contribution in [3.63, 3.8) is 0 Å². The van der Waals surface area contributed by atoms with Gasteiger partial charge in [-0.3, -0.25) is 9.78 Å². The SMILES string of the molecule is Cc1cc(/C=C(\C#N)C(=O)c2ccccc2)c(C)n1-c1cccnc1. The number of hydrogen-bond acceptors (Lipinski definition) is 3. The minimum atomic E-state index is -0.269. The van der Waals surface area contributed by atoms with E-state index in [-0.39, 0.29) is 11.4 Å². The van der Waals surface area contributed by atoms with Gasteiger partial charge in [-0.15, -0.1) is 0 Å². The van der Waals surface area contributed by atoms with Crippen molar-refractivity contribution in [1.82, 2.24) is 9.55 Å². The summed E-state index contributed by atoms with van der Waals surface area (Å²) >= 11 is 0. The highest BCUT2D eigenvalue weighted by Gasteiger charge is 2.15. The average molecular weight is 327 g/mol. The first-order valence-corrected chi connectivity index (χ1v) is 7.92. The van der Waals surface area contributed by atoms with Gasteiger partial charge in [0.2, 0.25) is 5.78 Å². The number of pyridine rings is 1. The molecule has 0 bridgehead atoms. The third-order valence-electron chi connectivity index (χ3n) is 4.08. The van der Waals surface area contributed by atoms with Crippen LogP contribution in [0.2, 0.25) is 0 Å². The molecular formula is C21H17N3O. The number of aryl methyl sites for hydroxylation is 1. The maximum Gasteiger partial charge on any atom is 0.203 e. The van der Waals surface area contributed by atoms with Gasteiger partial charge in [-0.05, 0) is 43.7 Å². The zero-order valence-electron chi connectivity index (χ0n) is 14.1. The predicted octanol–water partition coefficient (Wildman–Crippen LogP) is 4.28. The van der Waals surface area contributed by atoms with Crippen LogP contribution in [0, 0.1) is 25.2 Å². The first-order valence-electron chi connectivity index (χ1n) is 7.92. The first kappa shape index (κ1) is 16.4. The number of Topliss-reactive ketones (excluding diaryl/α,β-unsaturated/α-hetero) is 1. The summed E-state index contributed by atoms with van der Waals surface area (Å²) in [6, 6.07) is 16.7. The lowest BCUT2D eigenvalue weighted by Crippen LogP contribution is -2.02. The lowest BCUT2D eigenvalue weighted by molar-refractivity contribution is 0.104. The Labute approximate surface area is 146 Å². The molecule has 122 valence electrons. The molecule has 0 aliphatic rings. The smallest absolute Gasteiger partial charge is 0.203 e. The number of rotatable bonds is 4. The lowest BCUT2D eigenvalue weighted by atomic mass is 10.0. The standard InChI is InChI=1S/C21H17N3O/c1-15-11-18(16(2)24(15)20-9-6-10-23-14-20)12-19(13-22)21(25)17-7-4-3-5-8-17/h3-12,14H,1-2H3/b19-12+. The van der Waals surface area contributed by atoms with E-state index in [2.05, 4.69) is 9.55 Å². The molecule has 0 amide bonds. The van der Waals surface area contributed by atoms with Gasteiger partial charge in [0.15, 0.2) is 0 Å². The van der Waals surface area contributed by atoms with E-state index in [4.69, 9.17) is 0 Å². The normalized spacial score (nSPS) is 11.2. The molecule has 4 heteroatoms. The molecule has 0 aliphatic carbocycles. The molecule has 0 fully saturated rings. The van der Waals surface area contributed by atoms with Crippen LogP contribution in [-0.4, -0.2) is 15.3 Å². The van der Waals surface area contributed by atoms with E-state index in [0.29, 0.717) is 5.56 Å². The highest BCUT2D eigenvalue weighted by Crippen LogP contribution is 2.23. The van der Waals surface area contributed by atoms with Gasteiger partial charge in [0.25, 0.3) is 0 Å². The van der Waals surface area contributed by atoms with Crippen LogP contribution in [0.5, 0.6) is 0 Å². The molecule has 3 aromatic rings. The first-order chi connectivity index (χ1) is 12.1. The van der Waals surface area contributed by atoms with Gasteiger partial charge in [-0.2, -0.15) is 5.26 Å². The molecule has 2 heterocycles. The summed E-state index contributed by atoms with van der Waals surface area (Å²) < 4.78 is 2.06. The minimum absolute atomic E-state index is 0.123. The van der Waals surface area contributed by atoms with E-state index in [9.17, 15) is 10.1 Å². The van der Waals surface area contributed by atoms with Crippen molar-refractivity contribution in [2.24, 2.45) is 0 Å². The fourth-order valence-corrected chi connectivity index (χ4v) is 2.87. The number of nitrogens with zero attached hydrogens (tertiary/aromatic N) is 3. The van der Waals surface area contributed by atoms with Crippen LogP contribution in [0.3, 0.4) is 0 Å². The molecule has 25 heavy (non-hydrogen) atoms. The summed E-state index contributed by atoms with van der Waals surface area (Å²) in [5.74, 6) is -0.269. The van der Waals surface area contributed by atoms with Gasteiger partial charge < -0.3 is 4.57 Å². The van der Waals surface area contributed by atoms with Crippen molar-refractivity contribution in [3.8, 4) is 11.8 Å².